The largest absolute Gasteiger partial charge is 0.391 e. The first-order chi connectivity index (χ1) is 11.8. The van der Waals surface area contributed by atoms with Gasteiger partial charge < -0.3 is 15.7 Å². The molecule has 0 aliphatic heterocycles. The molecule has 1 aliphatic carbocycles. The highest BCUT2D eigenvalue weighted by molar-refractivity contribution is 5.90. The number of aliphatic hydroxyl groups is 1. The van der Waals surface area contributed by atoms with Crippen molar-refractivity contribution in [3.05, 3.63) is 35.4 Å². The SMILES string of the molecule is Cc1ccccc1C(CC(C)C)NC(=O)C(NC(=O)C1CC1)C(C)O. The fourth-order valence-electron chi connectivity index (χ4n) is 3.00. The number of carbonyl (C=O) groups is 2. The molecule has 1 aromatic carbocycles. The maximum Gasteiger partial charge on any atom is 0.245 e. The van der Waals surface area contributed by atoms with Crippen molar-refractivity contribution in [1.29, 1.82) is 0 Å². The molecule has 25 heavy (non-hydrogen) atoms. The summed E-state index contributed by atoms with van der Waals surface area (Å²) < 4.78 is 0. The Morgan fingerprint density at radius 1 is 1.16 bits per heavy atom. The van der Waals surface area contributed by atoms with E-state index in [1.54, 1.807) is 0 Å². The number of hydrogen-bond donors (Lipinski definition) is 3. The molecule has 0 radical (unpaired) electrons. The second-order valence-corrected chi connectivity index (χ2v) is 7.55. The van der Waals surface area contributed by atoms with Gasteiger partial charge in [0.15, 0.2) is 0 Å². The summed E-state index contributed by atoms with van der Waals surface area (Å²) in [6.45, 7) is 7.77. The smallest absolute Gasteiger partial charge is 0.245 e. The normalized spacial score (nSPS) is 17.7. The van der Waals surface area contributed by atoms with Crippen LogP contribution in [0.1, 0.15) is 57.2 Å². The molecule has 3 atom stereocenters. The molecule has 1 aromatic rings. The average molecular weight is 346 g/mol. The Kier molecular flexibility index (Phi) is 6.59. The molecule has 138 valence electrons. The highest BCUT2D eigenvalue weighted by atomic mass is 16.3. The third-order valence-corrected chi connectivity index (χ3v) is 4.60. The first kappa shape index (κ1) is 19.4. The minimum absolute atomic E-state index is 0.00289. The van der Waals surface area contributed by atoms with E-state index in [9.17, 15) is 14.7 Å². The van der Waals surface area contributed by atoms with Crippen LogP contribution in [0.5, 0.6) is 0 Å². The van der Waals surface area contributed by atoms with Crippen molar-refractivity contribution in [2.24, 2.45) is 11.8 Å². The van der Waals surface area contributed by atoms with Crippen molar-refractivity contribution in [2.75, 3.05) is 0 Å². The fraction of sp³-hybridized carbons (Fsp3) is 0.600. The van der Waals surface area contributed by atoms with Crippen molar-refractivity contribution in [3.8, 4) is 0 Å². The van der Waals surface area contributed by atoms with Crippen LogP contribution in [0.25, 0.3) is 0 Å². The van der Waals surface area contributed by atoms with Crippen molar-refractivity contribution in [2.45, 2.75) is 65.1 Å². The van der Waals surface area contributed by atoms with Gasteiger partial charge in [-0.05, 0) is 50.2 Å². The van der Waals surface area contributed by atoms with Gasteiger partial charge in [-0.2, -0.15) is 0 Å². The maximum atomic E-state index is 12.8. The molecule has 5 heteroatoms. The van der Waals surface area contributed by atoms with E-state index in [0.29, 0.717) is 5.92 Å². The van der Waals surface area contributed by atoms with E-state index in [4.69, 9.17) is 0 Å². The number of amides is 2. The van der Waals surface area contributed by atoms with Crippen molar-refractivity contribution >= 4 is 11.8 Å². The Hall–Kier alpha value is -1.88. The van der Waals surface area contributed by atoms with Crippen LogP contribution in [-0.2, 0) is 9.59 Å². The zero-order valence-corrected chi connectivity index (χ0v) is 15.6. The Labute approximate surface area is 150 Å². The Morgan fingerprint density at radius 2 is 1.80 bits per heavy atom. The Bertz CT molecular complexity index is 609. The van der Waals surface area contributed by atoms with Crippen LogP contribution in [0, 0.1) is 18.8 Å². The summed E-state index contributed by atoms with van der Waals surface area (Å²) in [5, 5.41) is 15.7. The fourth-order valence-corrected chi connectivity index (χ4v) is 3.00. The molecular formula is C20H30N2O3. The van der Waals surface area contributed by atoms with Gasteiger partial charge >= 0.3 is 0 Å². The highest BCUT2D eigenvalue weighted by Crippen LogP contribution is 2.29. The van der Waals surface area contributed by atoms with Gasteiger partial charge in [-0.1, -0.05) is 38.1 Å². The zero-order valence-electron chi connectivity index (χ0n) is 15.6. The Morgan fingerprint density at radius 3 is 2.32 bits per heavy atom. The van der Waals surface area contributed by atoms with Crippen LogP contribution in [0.2, 0.25) is 0 Å². The predicted octanol–water partition coefficient (Wildman–Crippen LogP) is 2.47. The number of carbonyl (C=O) groups excluding carboxylic acids is 2. The molecule has 0 saturated heterocycles. The lowest BCUT2D eigenvalue weighted by Gasteiger charge is -2.27. The van der Waals surface area contributed by atoms with Gasteiger partial charge in [0.2, 0.25) is 11.8 Å². The number of hydrogen-bond acceptors (Lipinski definition) is 3. The first-order valence-corrected chi connectivity index (χ1v) is 9.14. The number of nitrogens with one attached hydrogen (secondary N) is 2. The molecule has 1 saturated carbocycles. The van der Waals surface area contributed by atoms with E-state index >= 15 is 0 Å². The molecule has 2 amide bonds. The van der Waals surface area contributed by atoms with E-state index in [1.807, 2.05) is 31.2 Å². The van der Waals surface area contributed by atoms with E-state index in [0.717, 1.165) is 30.4 Å². The summed E-state index contributed by atoms with van der Waals surface area (Å²) in [7, 11) is 0. The third-order valence-electron chi connectivity index (χ3n) is 4.60. The van der Waals surface area contributed by atoms with Crippen LogP contribution in [-0.4, -0.2) is 29.1 Å². The minimum atomic E-state index is -0.945. The lowest BCUT2D eigenvalue weighted by atomic mass is 9.93. The molecule has 0 spiro atoms. The van der Waals surface area contributed by atoms with Crippen LogP contribution >= 0.6 is 0 Å². The van der Waals surface area contributed by atoms with Gasteiger partial charge in [-0.15, -0.1) is 0 Å². The van der Waals surface area contributed by atoms with Gasteiger partial charge in [0, 0.05) is 5.92 Å². The minimum Gasteiger partial charge on any atom is -0.391 e. The van der Waals surface area contributed by atoms with Crippen molar-refractivity contribution < 1.29 is 14.7 Å². The van der Waals surface area contributed by atoms with Crippen LogP contribution in [0.3, 0.4) is 0 Å². The summed E-state index contributed by atoms with van der Waals surface area (Å²) >= 11 is 0. The molecule has 2 rings (SSSR count). The monoisotopic (exact) mass is 346 g/mol. The van der Waals surface area contributed by atoms with E-state index in [1.165, 1.54) is 6.92 Å². The molecule has 0 aromatic heterocycles. The lowest BCUT2D eigenvalue weighted by Crippen LogP contribution is -2.53. The summed E-state index contributed by atoms with van der Waals surface area (Å²) in [4.78, 5) is 24.8. The van der Waals surface area contributed by atoms with Crippen LogP contribution in [0.15, 0.2) is 24.3 Å². The number of aryl methyl sites for hydroxylation is 1. The molecule has 3 unspecified atom stereocenters. The topological polar surface area (TPSA) is 78.4 Å². The summed E-state index contributed by atoms with van der Waals surface area (Å²) in [6, 6.07) is 6.91. The average Bonchev–Trinajstić information content (AvgIpc) is 3.36. The zero-order chi connectivity index (χ0) is 18.6. The quantitative estimate of drug-likeness (QED) is 0.677. The van der Waals surface area contributed by atoms with Gasteiger partial charge in [-0.3, -0.25) is 9.59 Å². The van der Waals surface area contributed by atoms with E-state index < -0.39 is 12.1 Å². The maximum absolute atomic E-state index is 12.8. The number of aliphatic hydroxyl groups excluding tert-OH is 1. The molecule has 3 N–H and O–H groups in total. The molecule has 5 nitrogen and oxygen atoms in total. The number of rotatable bonds is 8. The highest BCUT2D eigenvalue weighted by Gasteiger charge is 2.35. The summed E-state index contributed by atoms with van der Waals surface area (Å²) in [5.74, 6) is -0.0805. The molecule has 1 fully saturated rings. The standard InChI is InChI=1S/C20H30N2O3/c1-12(2)11-17(16-8-6-5-7-13(16)3)21-20(25)18(14(4)23)22-19(24)15-9-10-15/h5-8,12,14-15,17-18,23H,9-11H2,1-4H3,(H,21,25)(H,22,24). The van der Waals surface area contributed by atoms with Crippen molar-refractivity contribution in [1.82, 2.24) is 10.6 Å². The lowest BCUT2D eigenvalue weighted by molar-refractivity contribution is -0.132. The first-order valence-electron chi connectivity index (χ1n) is 9.14. The molecule has 0 heterocycles. The Balaban J connectivity index is 2.13. The predicted molar refractivity (Wildman–Crippen MR) is 97.9 cm³/mol. The molecule has 1 aliphatic rings. The van der Waals surface area contributed by atoms with Gasteiger partial charge in [0.1, 0.15) is 6.04 Å². The molecule has 0 bridgehead atoms. The van der Waals surface area contributed by atoms with E-state index in [-0.39, 0.29) is 23.8 Å². The van der Waals surface area contributed by atoms with Crippen LogP contribution in [0.4, 0.5) is 0 Å². The number of benzene rings is 1. The summed E-state index contributed by atoms with van der Waals surface area (Å²) in [5.41, 5.74) is 2.19. The van der Waals surface area contributed by atoms with Gasteiger partial charge in [0.25, 0.3) is 0 Å². The second-order valence-electron chi connectivity index (χ2n) is 7.55. The molecular weight excluding hydrogens is 316 g/mol. The summed E-state index contributed by atoms with van der Waals surface area (Å²) in [6.07, 6.45) is 1.57. The van der Waals surface area contributed by atoms with Gasteiger partial charge in [-0.25, -0.2) is 0 Å². The van der Waals surface area contributed by atoms with E-state index in [2.05, 4.69) is 24.5 Å². The van der Waals surface area contributed by atoms with Gasteiger partial charge in [0.05, 0.1) is 12.1 Å². The van der Waals surface area contributed by atoms with Crippen molar-refractivity contribution in [3.63, 3.8) is 0 Å². The van der Waals surface area contributed by atoms with Crippen LogP contribution < -0.4 is 10.6 Å². The second kappa shape index (κ2) is 8.48. The third kappa shape index (κ3) is 5.56.